The predicted molar refractivity (Wildman–Crippen MR) is 77.4 cm³/mol. The van der Waals surface area contributed by atoms with Crippen LogP contribution in [0, 0.1) is 0 Å². The minimum Gasteiger partial charge on any atom is -0.393 e. The van der Waals surface area contributed by atoms with Crippen molar-refractivity contribution in [3.05, 3.63) is 0 Å². The number of hydrogen-bond acceptors (Lipinski definition) is 4. The van der Waals surface area contributed by atoms with Gasteiger partial charge in [0.25, 0.3) is 0 Å². The molecule has 1 fully saturated rings. The minimum absolute atomic E-state index is 0.196. The van der Waals surface area contributed by atoms with E-state index in [1.54, 1.807) is 0 Å². The lowest BCUT2D eigenvalue weighted by molar-refractivity contribution is 0.0579. The molecule has 0 amide bonds. The van der Waals surface area contributed by atoms with Crippen LogP contribution in [-0.4, -0.2) is 47.9 Å². The zero-order valence-corrected chi connectivity index (χ0v) is 13.7. The SMILES string of the molecule is CCCCO[Si](CC(C)OCC1CO1)OCCCC. The molecule has 0 aromatic rings. The molecule has 1 rings (SSSR count). The van der Waals surface area contributed by atoms with Crippen LogP contribution in [-0.2, 0) is 18.3 Å². The minimum atomic E-state index is -1.18. The van der Waals surface area contributed by atoms with Gasteiger partial charge >= 0.3 is 9.28 Å². The summed E-state index contributed by atoms with van der Waals surface area (Å²) in [6.07, 6.45) is 5.07. The summed E-state index contributed by atoms with van der Waals surface area (Å²) in [6, 6.07) is 0.894. The molecule has 113 valence electrons. The Morgan fingerprint density at radius 3 is 2.21 bits per heavy atom. The lowest BCUT2D eigenvalue weighted by Crippen LogP contribution is -2.29. The van der Waals surface area contributed by atoms with Gasteiger partial charge in [-0.3, -0.25) is 0 Å². The normalized spacial score (nSPS) is 19.9. The van der Waals surface area contributed by atoms with Crippen LogP contribution < -0.4 is 0 Å². The van der Waals surface area contributed by atoms with Gasteiger partial charge in [0.2, 0.25) is 0 Å². The highest BCUT2D eigenvalue weighted by Crippen LogP contribution is 2.13. The van der Waals surface area contributed by atoms with E-state index >= 15 is 0 Å². The Hall–Kier alpha value is 0.0569. The largest absolute Gasteiger partial charge is 0.393 e. The van der Waals surface area contributed by atoms with Crippen molar-refractivity contribution >= 4 is 9.28 Å². The topological polar surface area (TPSA) is 40.2 Å². The van der Waals surface area contributed by atoms with Crippen LogP contribution in [0.5, 0.6) is 0 Å². The first-order valence-electron chi connectivity index (χ1n) is 7.60. The van der Waals surface area contributed by atoms with Gasteiger partial charge in [-0.05, 0) is 19.8 Å². The maximum atomic E-state index is 5.89. The highest BCUT2D eigenvalue weighted by Gasteiger charge is 2.25. The lowest BCUT2D eigenvalue weighted by Gasteiger charge is -2.19. The molecule has 0 saturated carbocycles. The third-order valence-corrected chi connectivity index (χ3v) is 4.91. The third kappa shape index (κ3) is 9.57. The Bertz CT molecular complexity index is 202. The first-order valence-corrected chi connectivity index (χ1v) is 9.13. The fraction of sp³-hybridized carbons (Fsp3) is 1.00. The van der Waals surface area contributed by atoms with Gasteiger partial charge in [-0.15, -0.1) is 0 Å². The average Bonchev–Trinajstić information content (AvgIpc) is 3.21. The van der Waals surface area contributed by atoms with Gasteiger partial charge in [-0.2, -0.15) is 0 Å². The van der Waals surface area contributed by atoms with E-state index in [0.717, 1.165) is 51.5 Å². The molecule has 0 bridgehead atoms. The summed E-state index contributed by atoms with van der Waals surface area (Å²) in [5, 5.41) is 0. The van der Waals surface area contributed by atoms with Crippen LogP contribution in [0.3, 0.4) is 0 Å². The molecule has 1 radical (unpaired) electrons. The molecule has 4 nitrogen and oxygen atoms in total. The molecule has 0 aliphatic carbocycles. The van der Waals surface area contributed by atoms with E-state index in [1.807, 2.05) is 0 Å². The molecule has 0 aromatic heterocycles. The monoisotopic (exact) mass is 289 g/mol. The number of epoxide rings is 1. The van der Waals surface area contributed by atoms with E-state index in [9.17, 15) is 0 Å². The summed E-state index contributed by atoms with van der Waals surface area (Å²) in [7, 11) is -1.18. The molecule has 0 N–H and O–H groups in total. The second-order valence-corrected chi connectivity index (χ2v) is 6.81. The van der Waals surface area contributed by atoms with Crippen LogP contribution in [0.2, 0.25) is 6.04 Å². The van der Waals surface area contributed by atoms with Crippen molar-refractivity contribution < 1.29 is 18.3 Å². The van der Waals surface area contributed by atoms with E-state index in [2.05, 4.69) is 20.8 Å². The van der Waals surface area contributed by atoms with Gasteiger partial charge in [0, 0.05) is 19.3 Å². The third-order valence-electron chi connectivity index (χ3n) is 2.95. The van der Waals surface area contributed by atoms with Crippen molar-refractivity contribution in [2.45, 2.75) is 64.7 Å². The average molecular weight is 289 g/mol. The van der Waals surface area contributed by atoms with E-state index in [1.165, 1.54) is 0 Å². The van der Waals surface area contributed by atoms with Gasteiger partial charge in [-0.25, -0.2) is 0 Å². The standard InChI is InChI=1S/C14H29O4Si/c1-4-6-8-17-19(18-9-7-5-2)12-13(3)15-10-14-11-16-14/h13-14H,4-12H2,1-3H3. The Kier molecular flexibility index (Phi) is 9.72. The van der Waals surface area contributed by atoms with Gasteiger partial charge < -0.3 is 18.3 Å². The van der Waals surface area contributed by atoms with Crippen molar-refractivity contribution in [2.75, 3.05) is 26.4 Å². The summed E-state index contributed by atoms with van der Waals surface area (Å²) in [5.74, 6) is 0. The summed E-state index contributed by atoms with van der Waals surface area (Å²) < 4.78 is 22.7. The van der Waals surface area contributed by atoms with Crippen molar-refractivity contribution in [2.24, 2.45) is 0 Å². The van der Waals surface area contributed by atoms with E-state index in [-0.39, 0.29) is 6.10 Å². The van der Waals surface area contributed by atoms with Crippen LogP contribution >= 0.6 is 0 Å². The van der Waals surface area contributed by atoms with E-state index < -0.39 is 9.28 Å². The highest BCUT2D eigenvalue weighted by molar-refractivity contribution is 6.44. The maximum absolute atomic E-state index is 5.89. The first kappa shape index (κ1) is 17.1. The van der Waals surface area contributed by atoms with Crippen molar-refractivity contribution in [3.8, 4) is 0 Å². The van der Waals surface area contributed by atoms with Crippen LogP contribution in [0.15, 0.2) is 0 Å². The molecule has 5 heteroatoms. The Morgan fingerprint density at radius 2 is 1.74 bits per heavy atom. The summed E-state index contributed by atoms with van der Waals surface area (Å²) in [5.41, 5.74) is 0. The molecule has 0 spiro atoms. The van der Waals surface area contributed by atoms with E-state index in [0.29, 0.717) is 12.7 Å². The second-order valence-electron chi connectivity index (χ2n) is 5.08. The lowest BCUT2D eigenvalue weighted by atomic mass is 10.4. The van der Waals surface area contributed by atoms with E-state index in [4.69, 9.17) is 18.3 Å². The maximum Gasteiger partial charge on any atom is 0.387 e. The van der Waals surface area contributed by atoms with Crippen LogP contribution in [0.25, 0.3) is 0 Å². The van der Waals surface area contributed by atoms with Crippen LogP contribution in [0.1, 0.15) is 46.5 Å². The van der Waals surface area contributed by atoms with Crippen molar-refractivity contribution in [3.63, 3.8) is 0 Å². The molecule has 1 saturated heterocycles. The highest BCUT2D eigenvalue weighted by atomic mass is 28.3. The molecule has 1 aliphatic heterocycles. The zero-order valence-electron chi connectivity index (χ0n) is 12.7. The fourth-order valence-corrected chi connectivity index (χ4v) is 3.20. The molecular formula is C14H29O4Si. The Labute approximate surface area is 119 Å². The molecular weight excluding hydrogens is 260 g/mol. The summed E-state index contributed by atoms with van der Waals surface area (Å²) in [6.45, 7) is 9.64. The number of rotatable bonds is 13. The van der Waals surface area contributed by atoms with Crippen LogP contribution in [0.4, 0.5) is 0 Å². The summed E-state index contributed by atoms with van der Waals surface area (Å²) in [4.78, 5) is 0. The molecule has 0 aromatic carbocycles. The Balaban J connectivity index is 2.15. The number of ether oxygens (including phenoxy) is 2. The molecule has 1 aliphatic rings. The number of hydrogen-bond donors (Lipinski definition) is 0. The predicted octanol–water partition coefficient (Wildman–Crippen LogP) is 2.91. The van der Waals surface area contributed by atoms with Crippen molar-refractivity contribution in [1.82, 2.24) is 0 Å². The zero-order chi connectivity index (χ0) is 13.9. The Morgan fingerprint density at radius 1 is 1.16 bits per heavy atom. The number of unbranched alkanes of at least 4 members (excludes halogenated alkanes) is 2. The molecule has 2 unspecified atom stereocenters. The first-order chi connectivity index (χ1) is 9.26. The smallest absolute Gasteiger partial charge is 0.387 e. The summed E-state index contributed by atoms with van der Waals surface area (Å²) >= 11 is 0. The molecule has 1 heterocycles. The van der Waals surface area contributed by atoms with Gasteiger partial charge in [0.15, 0.2) is 0 Å². The fourth-order valence-electron chi connectivity index (χ4n) is 1.55. The van der Waals surface area contributed by atoms with Gasteiger partial charge in [0.05, 0.1) is 19.3 Å². The van der Waals surface area contributed by atoms with Gasteiger partial charge in [-0.1, -0.05) is 26.7 Å². The molecule has 19 heavy (non-hydrogen) atoms. The van der Waals surface area contributed by atoms with Crippen molar-refractivity contribution in [1.29, 1.82) is 0 Å². The quantitative estimate of drug-likeness (QED) is 0.297. The molecule has 2 atom stereocenters. The second kappa shape index (κ2) is 10.8. The van der Waals surface area contributed by atoms with Gasteiger partial charge in [0.1, 0.15) is 6.10 Å².